The molecule has 1 saturated carbocycles. The van der Waals surface area contributed by atoms with Crippen LogP contribution in [0.15, 0.2) is 0 Å². The summed E-state index contributed by atoms with van der Waals surface area (Å²) in [6.07, 6.45) is 5.00. The lowest BCUT2D eigenvalue weighted by atomic mass is 9.93. The zero-order chi connectivity index (χ0) is 9.24. The van der Waals surface area contributed by atoms with Crippen molar-refractivity contribution in [2.45, 2.75) is 45.1 Å². The van der Waals surface area contributed by atoms with Crippen LogP contribution in [-0.4, -0.2) is 19.3 Å². The van der Waals surface area contributed by atoms with Crippen molar-refractivity contribution < 1.29 is 4.74 Å². The normalized spacial score (nSPS) is 21.0. The summed E-state index contributed by atoms with van der Waals surface area (Å²) >= 11 is 0. The van der Waals surface area contributed by atoms with E-state index < -0.39 is 0 Å². The molecule has 2 N–H and O–H groups in total. The first-order valence-electron chi connectivity index (χ1n) is 4.79. The number of hydrogen-bond acceptors (Lipinski definition) is 2. The summed E-state index contributed by atoms with van der Waals surface area (Å²) in [7, 11) is 1.78. The van der Waals surface area contributed by atoms with Gasteiger partial charge < -0.3 is 10.5 Å². The molecule has 0 saturated heterocycles. The molecule has 1 aliphatic carbocycles. The lowest BCUT2D eigenvalue weighted by molar-refractivity contribution is 0.00956. The fraction of sp³-hybridized carbons (Fsp3) is 1.00. The third kappa shape index (κ3) is 2.46. The van der Waals surface area contributed by atoms with Crippen molar-refractivity contribution in [1.29, 1.82) is 0 Å². The number of ether oxygens (including phenoxy) is 1. The molecule has 0 heterocycles. The largest absolute Gasteiger partial charge is 0.379 e. The lowest BCUT2D eigenvalue weighted by Crippen LogP contribution is -2.25. The molecule has 0 aromatic rings. The molecule has 1 rings (SSSR count). The number of rotatable bonds is 5. The van der Waals surface area contributed by atoms with Crippen LogP contribution in [0.4, 0.5) is 0 Å². The van der Waals surface area contributed by atoms with E-state index in [1.165, 1.54) is 19.3 Å². The summed E-state index contributed by atoms with van der Waals surface area (Å²) in [6, 6.07) is 0. The average Bonchev–Trinajstić information content (AvgIpc) is 2.82. The van der Waals surface area contributed by atoms with E-state index in [4.69, 9.17) is 10.5 Å². The fourth-order valence-electron chi connectivity index (χ4n) is 1.40. The lowest BCUT2D eigenvalue weighted by Gasteiger charge is -2.25. The van der Waals surface area contributed by atoms with Crippen molar-refractivity contribution in [3.63, 3.8) is 0 Å². The van der Waals surface area contributed by atoms with E-state index in [9.17, 15) is 0 Å². The zero-order valence-corrected chi connectivity index (χ0v) is 8.52. The van der Waals surface area contributed by atoms with Crippen LogP contribution in [0.2, 0.25) is 0 Å². The molecule has 0 radical (unpaired) electrons. The standard InChI is InChI=1S/C10H21NO/c1-9(2,12-3)4-5-10(8-11)6-7-10/h4-8,11H2,1-3H3. The minimum atomic E-state index is 0.0325. The molecule has 12 heavy (non-hydrogen) atoms. The van der Waals surface area contributed by atoms with E-state index in [2.05, 4.69) is 13.8 Å². The Morgan fingerprint density at radius 3 is 2.33 bits per heavy atom. The van der Waals surface area contributed by atoms with Crippen LogP contribution in [0, 0.1) is 5.41 Å². The van der Waals surface area contributed by atoms with Gasteiger partial charge in [0.1, 0.15) is 0 Å². The van der Waals surface area contributed by atoms with Crippen LogP contribution >= 0.6 is 0 Å². The first kappa shape index (κ1) is 10.0. The molecule has 0 aliphatic heterocycles. The average molecular weight is 171 g/mol. The van der Waals surface area contributed by atoms with Crippen LogP contribution < -0.4 is 5.73 Å². The Morgan fingerprint density at radius 2 is 2.00 bits per heavy atom. The smallest absolute Gasteiger partial charge is 0.0623 e. The minimum absolute atomic E-state index is 0.0325. The highest BCUT2D eigenvalue weighted by Crippen LogP contribution is 2.49. The molecule has 0 spiro atoms. The van der Waals surface area contributed by atoms with Gasteiger partial charge in [-0.05, 0) is 51.5 Å². The van der Waals surface area contributed by atoms with Gasteiger partial charge >= 0.3 is 0 Å². The monoisotopic (exact) mass is 171 g/mol. The first-order valence-corrected chi connectivity index (χ1v) is 4.79. The summed E-state index contributed by atoms with van der Waals surface area (Å²) in [4.78, 5) is 0. The van der Waals surface area contributed by atoms with Crippen LogP contribution in [0.1, 0.15) is 39.5 Å². The van der Waals surface area contributed by atoms with E-state index in [1.54, 1.807) is 7.11 Å². The van der Waals surface area contributed by atoms with E-state index >= 15 is 0 Å². The molecule has 0 aromatic carbocycles. The first-order chi connectivity index (χ1) is 5.54. The van der Waals surface area contributed by atoms with Crippen molar-refractivity contribution >= 4 is 0 Å². The maximum Gasteiger partial charge on any atom is 0.0623 e. The van der Waals surface area contributed by atoms with Gasteiger partial charge in [0.15, 0.2) is 0 Å². The highest BCUT2D eigenvalue weighted by molar-refractivity contribution is 4.94. The maximum atomic E-state index is 5.70. The summed E-state index contributed by atoms with van der Waals surface area (Å²) in [6.45, 7) is 5.13. The number of hydrogen-bond donors (Lipinski definition) is 1. The van der Waals surface area contributed by atoms with Crippen molar-refractivity contribution in [1.82, 2.24) is 0 Å². The Hall–Kier alpha value is -0.0800. The Labute approximate surface area is 75.5 Å². The Kier molecular flexibility index (Phi) is 2.79. The van der Waals surface area contributed by atoms with Crippen molar-refractivity contribution in [2.24, 2.45) is 11.1 Å². The van der Waals surface area contributed by atoms with Gasteiger partial charge in [-0.1, -0.05) is 0 Å². The van der Waals surface area contributed by atoms with Crippen molar-refractivity contribution in [3.05, 3.63) is 0 Å². The minimum Gasteiger partial charge on any atom is -0.379 e. The SMILES string of the molecule is COC(C)(C)CCC1(CN)CC1. The topological polar surface area (TPSA) is 35.2 Å². The summed E-state index contributed by atoms with van der Waals surface area (Å²) in [5, 5.41) is 0. The van der Waals surface area contributed by atoms with Gasteiger partial charge in [-0.2, -0.15) is 0 Å². The van der Waals surface area contributed by atoms with E-state index in [-0.39, 0.29) is 5.60 Å². The summed E-state index contributed by atoms with van der Waals surface area (Å²) < 4.78 is 5.36. The molecule has 1 aliphatic rings. The number of methoxy groups -OCH3 is 1. The second-order valence-electron chi connectivity index (χ2n) is 4.67. The van der Waals surface area contributed by atoms with Crippen LogP contribution in [0.25, 0.3) is 0 Å². The molecule has 0 amide bonds. The van der Waals surface area contributed by atoms with Crippen LogP contribution in [-0.2, 0) is 4.74 Å². The van der Waals surface area contributed by atoms with Crippen LogP contribution in [0.5, 0.6) is 0 Å². The van der Waals surface area contributed by atoms with Gasteiger partial charge in [0.25, 0.3) is 0 Å². The Morgan fingerprint density at radius 1 is 1.42 bits per heavy atom. The van der Waals surface area contributed by atoms with Crippen LogP contribution in [0.3, 0.4) is 0 Å². The molecule has 0 aromatic heterocycles. The van der Waals surface area contributed by atoms with Gasteiger partial charge in [-0.3, -0.25) is 0 Å². The Balaban J connectivity index is 2.25. The quantitative estimate of drug-likeness (QED) is 0.686. The Bertz CT molecular complexity index is 144. The molecular formula is C10H21NO. The highest BCUT2D eigenvalue weighted by atomic mass is 16.5. The summed E-state index contributed by atoms with van der Waals surface area (Å²) in [5.41, 5.74) is 6.23. The fourth-order valence-corrected chi connectivity index (χ4v) is 1.40. The zero-order valence-electron chi connectivity index (χ0n) is 8.52. The third-order valence-corrected chi connectivity index (χ3v) is 3.20. The molecule has 2 heteroatoms. The summed E-state index contributed by atoms with van der Waals surface area (Å²) in [5.74, 6) is 0. The van der Waals surface area contributed by atoms with E-state index in [0.29, 0.717) is 5.41 Å². The van der Waals surface area contributed by atoms with Crippen molar-refractivity contribution in [2.75, 3.05) is 13.7 Å². The molecule has 0 unspecified atom stereocenters. The van der Waals surface area contributed by atoms with Gasteiger partial charge in [0, 0.05) is 7.11 Å². The van der Waals surface area contributed by atoms with E-state index in [0.717, 1.165) is 13.0 Å². The third-order valence-electron chi connectivity index (χ3n) is 3.20. The predicted octanol–water partition coefficient (Wildman–Crippen LogP) is 1.93. The molecular weight excluding hydrogens is 150 g/mol. The van der Waals surface area contributed by atoms with Gasteiger partial charge in [0.2, 0.25) is 0 Å². The second-order valence-corrected chi connectivity index (χ2v) is 4.67. The molecule has 1 fully saturated rings. The highest BCUT2D eigenvalue weighted by Gasteiger charge is 2.41. The van der Waals surface area contributed by atoms with E-state index in [1.807, 2.05) is 0 Å². The molecule has 0 atom stereocenters. The molecule has 72 valence electrons. The molecule has 2 nitrogen and oxygen atoms in total. The predicted molar refractivity (Wildman–Crippen MR) is 51.0 cm³/mol. The second kappa shape index (κ2) is 3.35. The van der Waals surface area contributed by atoms with Gasteiger partial charge in [0.05, 0.1) is 5.60 Å². The maximum absolute atomic E-state index is 5.70. The van der Waals surface area contributed by atoms with Gasteiger partial charge in [-0.15, -0.1) is 0 Å². The molecule has 0 bridgehead atoms. The number of nitrogens with two attached hydrogens (primary N) is 1. The van der Waals surface area contributed by atoms with Gasteiger partial charge in [-0.25, -0.2) is 0 Å². The van der Waals surface area contributed by atoms with Crippen molar-refractivity contribution in [3.8, 4) is 0 Å².